The maximum Gasteiger partial charge on any atom is 0.327 e. The van der Waals surface area contributed by atoms with Crippen molar-refractivity contribution in [3.63, 3.8) is 0 Å². The van der Waals surface area contributed by atoms with Crippen LogP contribution < -0.4 is 0 Å². The third-order valence-electron chi connectivity index (χ3n) is 4.87. The Hall–Kier alpha value is -0.103. The van der Waals surface area contributed by atoms with Crippen LogP contribution in [0.4, 0.5) is 0 Å². The van der Waals surface area contributed by atoms with Gasteiger partial charge in [-0.05, 0) is 25.2 Å². The van der Waals surface area contributed by atoms with Crippen LogP contribution in [0.5, 0.6) is 0 Å². The normalized spacial score (nSPS) is 24.4. The lowest BCUT2D eigenvalue weighted by molar-refractivity contribution is -0.0845. The molecule has 4 unspecified atom stereocenters. The molecule has 9 heteroatoms. The van der Waals surface area contributed by atoms with Crippen molar-refractivity contribution in [2.75, 3.05) is 74.7 Å². The molecule has 1 fully saturated rings. The number of hydrogen-bond acceptors (Lipinski definition) is 8. The fourth-order valence-electron chi connectivity index (χ4n) is 3.41. The van der Waals surface area contributed by atoms with Gasteiger partial charge in [0.1, 0.15) is 0 Å². The van der Waals surface area contributed by atoms with E-state index in [9.17, 15) is 5.11 Å². The summed E-state index contributed by atoms with van der Waals surface area (Å²) in [6, 6.07) is 0. The summed E-state index contributed by atoms with van der Waals surface area (Å²) in [5.74, 6) is 0.322. The van der Waals surface area contributed by atoms with Crippen LogP contribution in [0.25, 0.3) is 0 Å². The molecule has 0 bridgehead atoms. The van der Waals surface area contributed by atoms with Crippen molar-refractivity contribution in [1.82, 2.24) is 0 Å². The second-order valence-electron chi connectivity index (χ2n) is 6.76. The van der Waals surface area contributed by atoms with E-state index in [1.807, 2.05) is 0 Å². The first-order valence-corrected chi connectivity index (χ1v) is 11.3. The smallest absolute Gasteiger partial charge is 0.327 e. The van der Waals surface area contributed by atoms with Crippen molar-refractivity contribution < 1.29 is 37.6 Å². The van der Waals surface area contributed by atoms with Gasteiger partial charge >= 0.3 is 9.28 Å². The molecule has 4 atom stereocenters. The predicted molar refractivity (Wildman–Crippen MR) is 103 cm³/mol. The molecule has 1 aliphatic carbocycles. The molecule has 1 rings (SSSR count). The van der Waals surface area contributed by atoms with Gasteiger partial charge in [-0.15, -0.1) is 0 Å². The molecule has 0 aromatic carbocycles. The van der Waals surface area contributed by atoms with E-state index in [0.29, 0.717) is 58.6 Å². The Morgan fingerprint density at radius 1 is 0.815 bits per heavy atom. The zero-order valence-electron chi connectivity index (χ0n) is 17.3. The van der Waals surface area contributed by atoms with E-state index < -0.39 is 15.4 Å². The van der Waals surface area contributed by atoms with E-state index in [-0.39, 0.29) is 11.6 Å². The number of ether oxygens (including phenoxy) is 5. The van der Waals surface area contributed by atoms with Crippen molar-refractivity contribution in [1.29, 1.82) is 0 Å². The summed E-state index contributed by atoms with van der Waals surface area (Å²) in [5.41, 5.74) is 0.171. The van der Waals surface area contributed by atoms with E-state index in [1.165, 1.54) is 0 Å². The van der Waals surface area contributed by atoms with Crippen LogP contribution in [0.1, 0.15) is 19.3 Å². The monoisotopic (exact) mass is 410 g/mol. The molecule has 27 heavy (non-hydrogen) atoms. The van der Waals surface area contributed by atoms with Crippen LogP contribution in [0, 0.1) is 5.92 Å². The highest BCUT2D eigenvalue weighted by Gasteiger charge is 2.39. The van der Waals surface area contributed by atoms with Crippen LogP contribution >= 0.6 is 0 Å². The maximum atomic E-state index is 10.3. The van der Waals surface area contributed by atoms with Gasteiger partial charge in [0.2, 0.25) is 0 Å². The van der Waals surface area contributed by atoms with Crippen LogP contribution in [0.15, 0.2) is 0 Å². The number of hydrogen-bond donors (Lipinski definition) is 1. The summed E-state index contributed by atoms with van der Waals surface area (Å²) in [5, 5.41) is 10.3. The highest BCUT2D eigenvalue weighted by atomic mass is 28.3. The van der Waals surface area contributed by atoms with Crippen LogP contribution in [-0.2, 0) is 32.5 Å². The fraction of sp³-hybridized carbons (Fsp3) is 1.00. The Morgan fingerprint density at radius 3 is 1.96 bits per heavy atom. The quantitative estimate of drug-likeness (QED) is 0.295. The van der Waals surface area contributed by atoms with E-state index in [1.54, 1.807) is 28.4 Å². The first-order valence-electron chi connectivity index (χ1n) is 9.66. The molecule has 0 spiro atoms. The van der Waals surface area contributed by atoms with Crippen molar-refractivity contribution >= 4 is 9.28 Å². The van der Waals surface area contributed by atoms with Gasteiger partial charge in [-0.1, -0.05) is 0 Å². The molecule has 0 aromatic rings. The number of rotatable bonds is 16. The molecule has 162 valence electrons. The summed E-state index contributed by atoms with van der Waals surface area (Å²) in [4.78, 5) is 0. The standard InChI is InChI=1S/C18H38O8Si/c1-20-7-10-24-17-13-15(5-6-16(17)19)18(14-23-4)27(25-11-8-21-2)26-12-9-22-3/h15-19,27H,5-14H2,1-4H3. The van der Waals surface area contributed by atoms with Crippen molar-refractivity contribution in [3.8, 4) is 0 Å². The molecule has 1 aliphatic rings. The van der Waals surface area contributed by atoms with E-state index in [2.05, 4.69) is 0 Å². The summed E-state index contributed by atoms with van der Waals surface area (Å²) in [6.45, 7) is 3.64. The number of methoxy groups -OCH3 is 4. The van der Waals surface area contributed by atoms with E-state index >= 15 is 0 Å². The van der Waals surface area contributed by atoms with Crippen molar-refractivity contribution in [2.24, 2.45) is 5.92 Å². The second kappa shape index (κ2) is 15.8. The second-order valence-corrected chi connectivity index (χ2v) is 9.02. The Balaban J connectivity index is 2.73. The van der Waals surface area contributed by atoms with Crippen LogP contribution in [0.2, 0.25) is 5.54 Å². The summed E-state index contributed by atoms with van der Waals surface area (Å²) < 4.78 is 38.8. The lowest BCUT2D eigenvalue weighted by Gasteiger charge is -2.39. The Morgan fingerprint density at radius 2 is 1.41 bits per heavy atom. The van der Waals surface area contributed by atoms with Crippen LogP contribution in [0.3, 0.4) is 0 Å². The largest absolute Gasteiger partial charge is 0.394 e. The molecule has 0 saturated heterocycles. The van der Waals surface area contributed by atoms with Crippen molar-refractivity contribution in [2.45, 2.75) is 37.0 Å². The highest BCUT2D eigenvalue weighted by molar-refractivity contribution is 6.46. The van der Waals surface area contributed by atoms with Gasteiger partial charge in [-0.25, -0.2) is 0 Å². The molecular weight excluding hydrogens is 372 g/mol. The van der Waals surface area contributed by atoms with Gasteiger partial charge in [0.15, 0.2) is 0 Å². The molecule has 0 aromatic heterocycles. The van der Waals surface area contributed by atoms with Crippen LogP contribution in [-0.4, -0.2) is 101 Å². The Kier molecular flexibility index (Phi) is 14.6. The molecule has 8 nitrogen and oxygen atoms in total. The summed E-state index contributed by atoms with van der Waals surface area (Å²) >= 11 is 0. The zero-order valence-corrected chi connectivity index (χ0v) is 18.4. The molecule has 0 heterocycles. The Bertz CT molecular complexity index is 339. The van der Waals surface area contributed by atoms with E-state index in [4.69, 9.17) is 32.5 Å². The Labute approximate surface area is 165 Å². The average molecular weight is 411 g/mol. The molecular formula is C18H38O8Si. The maximum absolute atomic E-state index is 10.3. The zero-order chi connectivity index (χ0) is 19.9. The molecule has 1 saturated carbocycles. The molecule has 1 N–H and O–H groups in total. The number of aliphatic hydroxyl groups excluding tert-OH is 1. The minimum atomic E-state index is -2.03. The lowest BCUT2D eigenvalue weighted by atomic mass is 9.83. The SMILES string of the molecule is COCCOC1CC(C(COC)[SiH](OCCOC)OCCOC)CCC1O. The average Bonchev–Trinajstić information content (AvgIpc) is 2.67. The summed E-state index contributed by atoms with van der Waals surface area (Å²) in [6.07, 6.45) is 1.75. The van der Waals surface area contributed by atoms with Gasteiger partial charge in [0.25, 0.3) is 0 Å². The highest BCUT2D eigenvalue weighted by Crippen LogP contribution is 2.37. The minimum absolute atomic E-state index is 0.171. The fourth-order valence-corrected chi connectivity index (χ4v) is 5.81. The first kappa shape index (κ1) is 24.9. The lowest BCUT2D eigenvalue weighted by Crippen LogP contribution is -2.43. The molecule has 0 amide bonds. The van der Waals surface area contributed by atoms with Crippen molar-refractivity contribution in [3.05, 3.63) is 0 Å². The van der Waals surface area contributed by atoms with Gasteiger partial charge in [0, 0.05) is 34.0 Å². The van der Waals surface area contributed by atoms with Gasteiger partial charge in [-0.3, -0.25) is 0 Å². The van der Waals surface area contributed by atoms with Gasteiger partial charge < -0.3 is 37.6 Å². The predicted octanol–water partition coefficient (Wildman–Crippen LogP) is 0.742. The third kappa shape index (κ3) is 9.77. The topological polar surface area (TPSA) is 84.8 Å². The third-order valence-corrected chi connectivity index (χ3v) is 7.43. The summed E-state index contributed by atoms with van der Waals surface area (Å²) in [7, 11) is 4.62. The molecule has 0 aliphatic heterocycles. The van der Waals surface area contributed by atoms with Gasteiger partial charge in [-0.2, -0.15) is 0 Å². The minimum Gasteiger partial charge on any atom is -0.394 e. The first-order chi connectivity index (χ1) is 13.2. The number of aliphatic hydroxyl groups is 1. The van der Waals surface area contributed by atoms with E-state index in [0.717, 1.165) is 12.8 Å². The van der Waals surface area contributed by atoms with Gasteiger partial charge in [0.05, 0.1) is 58.5 Å². The molecule has 0 radical (unpaired) electrons.